The van der Waals surface area contributed by atoms with E-state index in [1.165, 1.54) is 23.9 Å². The molecule has 0 unspecified atom stereocenters. The molecule has 0 radical (unpaired) electrons. The lowest BCUT2D eigenvalue weighted by atomic mass is 10.0. The number of nitrogens with zero attached hydrogens (tertiary/aromatic N) is 2. The van der Waals surface area contributed by atoms with E-state index in [9.17, 15) is 20.2 Å². The summed E-state index contributed by atoms with van der Waals surface area (Å²) in [6.45, 7) is 4.17. The number of carbonyl (C=O) groups excluding carboxylic acids is 1. The minimum absolute atomic E-state index is 0.0411. The van der Waals surface area contributed by atoms with Crippen molar-refractivity contribution in [3.05, 3.63) is 74.9 Å². The molecule has 0 heterocycles. The Morgan fingerprint density at radius 3 is 2.41 bits per heavy atom. The fraction of sp³-hybridized carbons (Fsp3) is 0.158. The van der Waals surface area contributed by atoms with Gasteiger partial charge in [-0.3, -0.25) is 14.9 Å². The van der Waals surface area contributed by atoms with Crippen molar-refractivity contribution in [1.82, 2.24) is 0 Å². The van der Waals surface area contributed by atoms with Crippen molar-refractivity contribution in [2.45, 2.75) is 19.8 Å². The summed E-state index contributed by atoms with van der Waals surface area (Å²) < 4.78 is 0. The van der Waals surface area contributed by atoms with Gasteiger partial charge in [0.1, 0.15) is 16.7 Å². The molecule has 1 amide bonds. The molecular formula is C19H17ClN4O3. The van der Waals surface area contributed by atoms with Gasteiger partial charge in [-0.05, 0) is 35.7 Å². The molecule has 0 fully saturated rings. The monoisotopic (exact) mass is 384 g/mol. The molecule has 0 aliphatic rings. The molecule has 0 saturated heterocycles. The van der Waals surface area contributed by atoms with Gasteiger partial charge in [-0.1, -0.05) is 37.6 Å². The Hall–Kier alpha value is -3.37. The van der Waals surface area contributed by atoms with Crippen LogP contribution in [0, 0.1) is 21.4 Å². The lowest BCUT2D eigenvalue weighted by Crippen LogP contribution is -2.14. The standard InChI is InChI=1S/C19H17ClN4O3/c1-12(2)13-3-5-15(6-4-13)22-11-14(10-21)19(25)23-16-7-8-17(20)18(9-16)24(26)27/h3-9,11-12,22H,1-2H3,(H,23,25)/b14-11-. The number of hydrogen-bond donors (Lipinski definition) is 2. The summed E-state index contributed by atoms with van der Waals surface area (Å²) in [6.07, 6.45) is 1.28. The number of rotatable bonds is 6. The number of nitriles is 1. The fourth-order valence-corrected chi connectivity index (χ4v) is 2.38. The molecule has 0 aliphatic heterocycles. The average molecular weight is 385 g/mol. The van der Waals surface area contributed by atoms with Crippen molar-refractivity contribution in [3.8, 4) is 6.07 Å². The highest BCUT2D eigenvalue weighted by Gasteiger charge is 2.15. The first kappa shape index (κ1) is 19.9. The molecule has 7 nitrogen and oxygen atoms in total. The van der Waals surface area contributed by atoms with Crippen LogP contribution in [0.5, 0.6) is 0 Å². The van der Waals surface area contributed by atoms with Crippen LogP contribution >= 0.6 is 11.6 Å². The molecule has 0 saturated carbocycles. The maximum Gasteiger partial charge on any atom is 0.289 e. The molecule has 2 rings (SSSR count). The predicted molar refractivity (Wildman–Crippen MR) is 105 cm³/mol. The van der Waals surface area contributed by atoms with E-state index in [4.69, 9.17) is 11.6 Å². The van der Waals surface area contributed by atoms with Crippen molar-refractivity contribution in [3.63, 3.8) is 0 Å². The van der Waals surface area contributed by atoms with E-state index in [1.54, 1.807) is 6.07 Å². The Kier molecular flexibility index (Phi) is 6.52. The summed E-state index contributed by atoms with van der Waals surface area (Å²) in [4.78, 5) is 22.5. The molecule has 2 N–H and O–H groups in total. The van der Waals surface area contributed by atoms with Crippen LogP contribution in [0.2, 0.25) is 5.02 Å². The largest absolute Gasteiger partial charge is 0.360 e. The molecular weight excluding hydrogens is 368 g/mol. The Bertz CT molecular complexity index is 931. The molecule has 8 heteroatoms. The van der Waals surface area contributed by atoms with Gasteiger partial charge >= 0.3 is 0 Å². The number of amides is 1. The smallest absolute Gasteiger partial charge is 0.289 e. The van der Waals surface area contributed by atoms with Gasteiger partial charge in [0.2, 0.25) is 0 Å². The van der Waals surface area contributed by atoms with Crippen LogP contribution < -0.4 is 10.6 Å². The summed E-state index contributed by atoms with van der Waals surface area (Å²) in [5.74, 6) is -0.293. The van der Waals surface area contributed by atoms with Crippen molar-refractivity contribution in [2.75, 3.05) is 10.6 Å². The first-order valence-corrected chi connectivity index (χ1v) is 8.41. The van der Waals surface area contributed by atoms with Crippen molar-refractivity contribution in [2.24, 2.45) is 0 Å². The molecule has 0 spiro atoms. The van der Waals surface area contributed by atoms with Gasteiger partial charge in [0.05, 0.1) is 4.92 Å². The van der Waals surface area contributed by atoms with Gasteiger partial charge < -0.3 is 10.6 Å². The quantitative estimate of drug-likeness (QED) is 0.321. The number of hydrogen-bond acceptors (Lipinski definition) is 5. The first-order valence-electron chi connectivity index (χ1n) is 8.04. The molecule has 138 valence electrons. The van der Waals surface area contributed by atoms with Gasteiger partial charge in [-0.15, -0.1) is 0 Å². The number of carbonyl (C=O) groups is 1. The van der Waals surface area contributed by atoms with Crippen LogP contribution in [0.15, 0.2) is 54.2 Å². The molecule has 0 aromatic heterocycles. The van der Waals surface area contributed by atoms with E-state index in [2.05, 4.69) is 24.5 Å². The second-order valence-corrected chi connectivity index (χ2v) is 6.38. The normalized spacial score (nSPS) is 11.0. The highest BCUT2D eigenvalue weighted by molar-refractivity contribution is 6.32. The fourth-order valence-electron chi connectivity index (χ4n) is 2.20. The zero-order valence-electron chi connectivity index (χ0n) is 14.7. The van der Waals surface area contributed by atoms with Gasteiger partial charge in [0, 0.05) is 23.6 Å². The Morgan fingerprint density at radius 1 is 1.22 bits per heavy atom. The lowest BCUT2D eigenvalue weighted by molar-refractivity contribution is -0.384. The van der Waals surface area contributed by atoms with Crippen molar-refractivity contribution in [1.29, 1.82) is 5.26 Å². The topological polar surface area (TPSA) is 108 Å². The third-order valence-corrected chi connectivity index (χ3v) is 4.05. The SMILES string of the molecule is CC(C)c1ccc(N/C=C(/C#N)C(=O)Nc2ccc(Cl)c([N+](=O)[O-])c2)cc1. The third kappa shape index (κ3) is 5.30. The number of nitrogens with one attached hydrogen (secondary N) is 2. The predicted octanol–water partition coefficient (Wildman–Crippen LogP) is 4.83. The minimum Gasteiger partial charge on any atom is -0.360 e. The molecule has 0 atom stereocenters. The summed E-state index contributed by atoms with van der Waals surface area (Å²) in [5, 5.41) is 25.4. The van der Waals surface area contributed by atoms with Crippen LogP contribution in [-0.4, -0.2) is 10.8 Å². The minimum atomic E-state index is -0.694. The van der Waals surface area contributed by atoms with E-state index in [0.29, 0.717) is 5.92 Å². The van der Waals surface area contributed by atoms with E-state index in [1.807, 2.05) is 24.3 Å². The Labute approximate surface area is 161 Å². The maximum atomic E-state index is 12.2. The first-order chi connectivity index (χ1) is 12.8. The second kappa shape index (κ2) is 8.83. The second-order valence-electron chi connectivity index (χ2n) is 5.97. The Morgan fingerprint density at radius 2 is 1.85 bits per heavy atom. The van der Waals surface area contributed by atoms with Gasteiger partial charge in [-0.2, -0.15) is 5.26 Å². The molecule has 2 aromatic carbocycles. The lowest BCUT2D eigenvalue weighted by Gasteiger charge is -2.08. The summed E-state index contributed by atoms with van der Waals surface area (Å²) in [7, 11) is 0. The van der Waals surface area contributed by atoms with Gasteiger partial charge in [0.25, 0.3) is 11.6 Å². The van der Waals surface area contributed by atoms with Crippen LogP contribution in [0.1, 0.15) is 25.3 Å². The number of nitro groups is 1. The van der Waals surface area contributed by atoms with Crippen LogP contribution in [0.4, 0.5) is 17.1 Å². The summed E-state index contributed by atoms with van der Waals surface area (Å²) in [6, 6.07) is 13.3. The third-order valence-electron chi connectivity index (χ3n) is 3.73. The van der Waals surface area contributed by atoms with Crippen molar-refractivity contribution < 1.29 is 9.72 Å². The van der Waals surface area contributed by atoms with Crippen molar-refractivity contribution >= 4 is 34.6 Å². The summed E-state index contributed by atoms with van der Waals surface area (Å²) in [5.41, 5.74) is 1.55. The zero-order chi connectivity index (χ0) is 20.0. The van der Waals surface area contributed by atoms with E-state index in [0.717, 1.165) is 11.8 Å². The van der Waals surface area contributed by atoms with Crippen LogP contribution in [-0.2, 0) is 4.79 Å². The number of benzene rings is 2. The highest BCUT2D eigenvalue weighted by Crippen LogP contribution is 2.27. The molecule has 0 aliphatic carbocycles. The van der Waals surface area contributed by atoms with Crippen LogP contribution in [0.3, 0.4) is 0 Å². The highest BCUT2D eigenvalue weighted by atomic mass is 35.5. The molecule has 2 aromatic rings. The Balaban J connectivity index is 2.11. The number of halogens is 1. The van der Waals surface area contributed by atoms with E-state index in [-0.39, 0.29) is 22.0 Å². The maximum absolute atomic E-state index is 12.2. The van der Waals surface area contributed by atoms with E-state index < -0.39 is 10.8 Å². The zero-order valence-corrected chi connectivity index (χ0v) is 15.4. The van der Waals surface area contributed by atoms with Gasteiger partial charge in [0.15, 0.2) is 0 Å². The van der Waals surface area contributed by atoms with E-state index >= 15 is 0 Å². The molecule has 0 bridgehead atoms. The molecule has 27 heavy (non-hydrogen) atoms. The number of nitro benzene ring substituents is 1. The number of anilines is 2. The average Bonchev–Trinajstić information content (AvgIpc) is 2.64. The van der Waals surface area contributed by atoms with Crippen LogP contribution in [0.25, 0.3) is 0 Å². The van der Waals surface area contributed by atoms with Gasteiger partial charge in [-0.25, -0.2) is 0 Å². The summed E-state index contributed by atoms with van der Waals surface area (Å²) >= 11 is 5.74.